The number of nitrogens with zero attached hydrogens (tertiary/aromatic N) is 1. The fourth-order valence-electron chi connectivity index (χ4n) is 5.72. The van der Waals surface area contributed by atoms with Crippen LogP contribution in [-0.4, -0.2) is 77.5 Å². The number of rotatable bonds is 18. The lowest BCUT2D eigenvalue weighted by molar-refractivity contribution is -0.151. The first-order chi connectivity index (χ1) is 24.9. The molecule has 0 radical (unpaired) electrons. The molecule has 52 heavy (non-hydrogen) atoms. The minimum Gasteiger partial charge on any atom is -0.507 e. The molecule has 3 aromatic carbocycles. The van der Waals surface area contributed by atoms with Crippen LogP contribution in [0.4, 0.5) is 10.1 Å². The van der Waals surface area contributed by atoms with E-state index in [1.165, 1.54) is 35.6 Å². The quantitative estimate of drug-likeness (QED) is 0.0414. The Kier molecular flexibility index (Phi) is 12.5. The zero-order chi connectivity index (χ0) is 37.4. The second-order valence-corrected chi connectivity index (χ2v) is 14.1. The molecule has 5 rings (SSSR count). The molecule has 1 fully saturated rings. The molecular formula is C38H41FN2O10S. The lowest BCUT2D eigenvalue weighted by Gasteiger charge is -2.25. The van der Waals surface area contributed by atoms with Gasteiger partial charge in [0.2, 0.25) is 10.0 Å². The Morgan fingerprint density at radius 1 is 1.04 bits per heavy atom. The first-order valence-corrected chi connectivity index (χ1v) is 18.7. The molecule has 0 atom stereocenters. The number of benzene rings is 3. The van der Waals surface area contributed by atoms with Crippen LogP contribution in [0.25, 0.3) is 28.1 Å². The number of ether oxygens (including phenoxy) is 3. The SMILES string of the molecule is CCOC(=O)C(=O)/C=C(\O)c1cccc(COCCOCCCN(c2cc3oc(-c4ccc(F)cc4)c(C(=O)NC)c3cc2C2CC2)S(C)(=O)=O)c1. The highest BCUT2D eigenvalue weighted by Crippen LogP contribution is 2.48. The maximum atomic E-state index is 13.7. The van der Waals surface area contributed by atoms with Crippen molar-refractivity contribution in [1.82, 2.24) is 5.32 Å². The fraction of sp³-hybridized carbons (Fsp3) is 0.342. The van der Waals surface area contributed by atoms with E-state index in [2.05, 4.69) is 10.1 Å². The topological polar surface area (TPSA) is 162 Å². The molecule has 2 N–H and O–H groups in total. The molecule has 1 saturated carbocycles. The van der Waals surface area contributed by atoms with Gasteiger partial charge in [-0.15, -0.1) is 0 Å². The molecule has 0 bridgehead atoms. The van der Waals surface area contributed by atoms with E-state index in [1.807, 2.05) is 6.07 Å². The predicted octanol–water partition coefficient (Wildman–Crippen LogP) is 5.90. The van der Waals surface area contributed by atoms with Crippen LogP contribution >= 0.6 is 0 Å². The summed E-state index contributed by atoms with van der Waals surface area (Å²) in [6, 6.07) is 15.8. The average molecular weight is 737 g/mol. The summed E-state index contributed by atoms with van der Waals surface area (Å²) in [4.78, 5) is 36.5. The fourth-order valence-corrected chi connectivity index (χ4v) is 6.69. The van der Waals surface area contributed by atoms with Crippen LogP contribution in [0.5, 0.6) is 0 Å². The first kappa shape index (κ1) is 38.2. The minimum atomic E-state index is -3.72. The standard InChI is InChI=1S/C38H41FN2O10S/c1-4-50-38(45)33(43)22-32(42)27-8-5-7-24(19-27)23-49-18-17-48-16-6-15-41(52(3,46)47)31-21-34-30(20-29(31)25-9-10-25)35(37(44)40-2)36(51-34)26-11-13-28(39)14-12-26/h5,7-8,11-14,19-22,25,42H,4,6,9-10,15-18,23H2,1-3H3,(H,40,44)/b32-22-. The summed E-state index contributed by atoms with van der Waals surface area (Å²) < 4.78 is 63.5. The van der Waals surface area contributed by atoms with Crippen LogP contribution in [0.3, 0.4) is 0 Å². The number of carbonyl (C=O) groups is 3. The van der Waals surface area contributed by atoms with Crippen molar-refractivity contribution in [1.29, 1.82) is 0 Å². The summed E-state index contributed by atoms with van der Waals surface area (Å²) >= 11 is 0. The van der Waals surface area contributed by atoms with Gasteiger partial charge in [-0.3, -0.25) is 13.9 Å². The molecule has 0 spiro atoms. The minimum absolute atomic E-state index is 0.0465. The van der Waals surface area contributed by atoms with Crippen molar-refractivity contribution < 1.29 is 50.9 Å². The predicted molar refractivity (Wildman–Crippen MR) is 193 cm³/mol. The van der Waals surface area contributed by atoms with Crippen molar-refractivity contribution in [3.05, 3.63) is 94.8 Å². The van der Waals surface area contributed by atoms with Gasteiger partial charge >= 0.3 is 5.97 Å². The number of aliphatic hydroxyl groups is 1. The van der Waals surface area contributed by atoms with Gasteiger partial charge in [-0.1, -0.05) is 18.2 Å². The number of fused-ring (bicyclic) bond motifs is 1. The number of nitrogens with one attached hydrogen (secondary N) is 1. The summed E-state index contributed by atoms with van der Waals surface area (Å²) in [5.41, 5.74) is 3.49. The number of aliphatic hydroxyl groups excluding tert-OH is 1. The molecule has 1 amide bonds. The Morgan fingerprint density at radius 2 is 1.77 bits per heavy atom. The van der Waals surface area contributed by atoms with E-state index in [0.717, 1.165) is 36.3 Å². The first-order valence-electron chi connectivity index (χ1n) is 16.8. The van der Waals surface area contributed by atoms with Crippen LogP contribution in [0.15, 0.2) is 71.2 Å². The highest BCUT2D eigenvalue weighted by Gasteiger charge is 2.33. The van der Waals surface area contributed by atoms with E-state index < -0.39 is 27.6 Å². The van der Waals surface area contributed by atoms with Crippen LogP contribution in [-0.2, 0) is 40.4 Å². The van der Waals surface area contributed by atoms with Crippen molar-refractivity contribution in [2.45, 2.75) is 38.7 Å². The zero-order valence-electron chi connectivity index (χ0n) is 29.1. The third kappa shape index (κ3) is 9.43. The third-order valence-corrected chi connectivity index (χ3v) is 9.52. The lowest BCUT2D eigenvalue weighted by Crippen LogP contribution is -2.32. The van der Waals surface area contributed by atoms with Crippen LogP contribution in [0, 0.1) is 5.82 Å². The highest BCUT2D eigenvalue weighted by atomic mass is 32.2. The molecule has 1 aromatic heterocycles. The largest absolute Gasteiger partial charge is 0.507 e. The molecule has 276 valence electrons. The summed E-state index contributed by atoms with van der Waals surface area (Å²) in [6.45, 7) is 2.71. The number of ketones is 1. The number of esters is 1. The maximum Gasteiger partial charge on any atom is 0.379 e. The van der Waals surface area contributed by atoms with Gasteiger partial charge in [-0.05, 0) is 79.6 Å². The Morgan fingerprint density at radius 3 is 2.44 bits per heavy atom. The molecule has 0 saturated heterocycles. The molecule has 1 aliphatic rings. The number of carbonyl (C=O) groups excluding carboxylic acids is 3. The van der Waals surface area contributed by atoms with Gasteiger partial charge in [0.1, 0.15) is 22.9 Å². The normalized spacial score (nSPS) is 13.3. The van der Waals surface area contributed by atoms with Gasteiger partial charge in [0, 0.05) is 48.9 Å². The van der Waals surface area contributed by atoms with Crippen molar-refractivity contribution in [3.63, 3.8) is 0 Å². The summed E-state index contributed by atoms with van der Waals surface area (Å²) in [7, 11) is -2.21. The summed E-state index contributed by atoms with van der Waals surface area (Å²) in [6.07, 6.45) is 4.11. The Bertz CT molecular complexity index is 2070. The van der Waals surface area contributed by atoms with E-state index in [4.69, 9.17) is 13.9 Å². The Labute approximate surface area is 301 Å². The molecular weight excluding hydrogens is 695 g/mol. The van der Waals surface area contributed by atoms with Crippen LogP contribution < -0.4 is 9.62 Å². The number of hydrogen-bond acceptors (Lipinski definition) is 10. The van der Waals surface area contributed by atoms with Crippen molar-refractivity contribution >= 4 is 50.1 Å². The zero-order valence-corrected chi connectivity index (χ0v) is 30.0. The van der Waals surface area contributed by atoms with Crippen LogP contribution in [0.1, 0.15) is 59.2 Å². The second kappa shape index (κ2) is 17.0. The number of amides is 1. The maximum absolute atomic E-state index is 13.7. The van der Waals surface area contributed by atoms with Gasteiger partial charge in [0.25, 0.3) is 11.7 Å². The van der Waals surface area contributed by atoms with Crippen LogP contribution in [0.2, 0.25) is 0 Å². The monoisotopic (exact) mass is 736 g/mol. The summed E-state index contributed by atoms with van der Waals surface area (Å²) in [5, 5.41) is 13.5. The number of hydrogen-bond donors (Lipinski definition) is 2. The van der Waals surface area contributed by atoms with E-state index in [1.54, 1.807) is 37.3 Å². The van der Waals surface area contributed by atoms with Gasteiger partial charge in [0.15, 0.2) is 0 Å². The molecule has 1 aliphatic carbocycles. The number of anilines is 1. The van der Waals surface area contributed by atoms with E-state index in [9.17, 15) is 32.3 Å². The average Bonchev–Trinajstić information content (AvgIpc) is 3.90. The van der Waals surface area contributed by atoms with E-state index in [-0.39, 0.29) is 62.9 Å². The molecule has 12 nitrogen and oxygen atoms in total. The van der Waals surface area contributed by atoms with Crippen molar-refractivity contribution in [2.75, 3.05) is 50.6 Å². The van der Waals surface area contributed by atoms with Gasteiger partial charge < -0.3 is 29.1 Å². The highest BCUT2D eigenvalue weighted by molar-refractivity contribution is 7.92. The van der Waals surface area contributed by atoms with E-state index >= 15 is 0 Å². The molecule has 1 heterocycles. The second-order valence-electron chi connectivity index (χ2n) is 12.2. The van der Waals surface area contributed by atoms with Gasteiger partial charge in [0.05, 0.1) is 43.9 Å². The lowest BCUT2D eigenvalue weighted by atomic mass is 10.0. The molecule has 0 aliphatic heterocycles. The van der Waals surface area contributed by atoms with Gasteiger partial charge in [-0.25, -0.2) is 17.6 Å². The van der Waals surface area contributed by atoms with Gasteiger partial charge in [-0.2, -0.15) is 0 Å². The number of sulfonamides is 1. The Hall–Kier alpha value is -5.05. The third-order valence-electron chi connectivity index (χ3n) is 8.34. The van der Waals surface area contributed by atoms with Crippen molar-refractivity contribution in [2.24, 2.45) is 0 Å². The number of furan rings is 1. The smallest absolute Gasteiger partial charge is 0.379 e. The number of halogens is 1. The summed E-state index contributed by atoms with van der Waals surface area (Å²) in [5.74, 6) is -2.80. The molecule has 14 heteroatoms. The molecule has 0 unspecified atom stereocenters. The van der Waals surface area contributed by atoms with E-state index in [0.29, 0.717) is 39.8 Å². The Balaban J connectivity index is 1.21. The molecule has 4 aromatic rings. The van der Waals surface area contributed by atoms with Crippen molar-refractivity contribution in [3.8, 4) is 11.3 Å².